The summed E-state index contributed by atoms with van der Waals surface area (Å²) in [5, 5.41) is 10.3. The molecule has 1 atom stereocenters. The van der Waals surface area contributed by atoms with Gasteiger partial charge < -0.3 is 9.84 Å². The van der Waals surface area contributed by atoms with Gasteiger partial charge in [0.25, 0.3) is 0 Å². The fourth-order valence-corrected chi connectivity index (χ4v) is 4.83. The molecule has 7 heteroatoms. The second kappa shape index (κ2) is 5.56. The highest BCUT2D eigenvalue weighted by atomic mass is 32.2. The van der Waals surface area contributed by atoms with Crippen molar-refractivity contribution in [1.29, 1.82) is 0 Å². The van der Waals surface area contributed by atoms with Crippen LogP contribution in [0.15, 0.2) is 29.4 Å². The molecule has 6 nitrogen and oxygen atoms in total. The monoisotopic (exact) mass is 326 g/mol. The average molecular weight is 326 g/mol. The highest BCUT2D eigenvalue weighted by molar-refractivity contribution is 7.89. The fraction of sp³-hybridized carbons (Fsp3) is 0.667. The summed E-state index contributed by atoms with van der Waals surface area (Å²) in [5.74, 6) is 0. The van der Waals surface area contributed by atoms with E-state index in [1.54, 1.807) is 18.3 Å². The molecule has 2 aliphatic heterocycles. The molecule has 1 N–H and O–H groups in total. The van der Waals surface area contributed by atoms with Gasteiger partial charge in [-0.1, -0.05) is 0 Å². The number of sulfonamides is 1. The van der Waals surface area contributed by atoms with E-state index < -0.39 is 15.6 Å². The SMILES string of the molecule is CC1(O)CCOC2(CCN(S(=O)(=O)c3cccnc3)CC2)C1. The predicted octanol–water partition coefficient (Wildman–Crippen LogP) is 1.17. The quantitative estimate of drug-likeness (QED) is 0.882. The highest BCUT2D eigenvalue weighted by Gasteiger charge is 2.46. The number of rotatable bonds is 2. The second-order valence-electron chi connectivity index (χ2n) is 6.55. The standard InChI is InChI=1S/C15H22N2O4S/c1-14(18)6-10-21-15(12-14)4-8-17(9-5-15)22(19,20)13-3-2-7-16-11-13/h2-3,7,11,18H,4-6,8-10,12H2,1H3. The van der Waals surface area contributed by atoms with Crippen molar-refractivity contribution in [3.63, 3.8) is 0 Å². The minimum Gasteiger partial charge on any atom is -0.390 e. The van der Waals surface area contributed by atoms with Crippen LogP contribution in [-0.2, 0) is 14.8 Å². The zero-order valence-electron chi connectivity index (χ0n) is 12.7. The molecule has 0 aliphatic carbocycles. The number of aromatic nitrogens is 1. The average Bonchev–Trinajstić information content (AvgIpc) is 2.47. The third kappa shape index (κ3) is 3.03. The second-order valence-corrected chi connectivity index (χ2v) is 8.49. The largest absolute Gasteiger partial charge is 0.390 e. The van der Waals surface area contributed by atoms with Crippen molar-refractivity contribution in [2.45, 2.75) is 48.7 Å². The molecule has 2 saturated heterocycles. The molecule has 2 aliphatic rings. The lowest BCUT2D eigenvalue weighted by molar-refractivity contribution is -0.168. The van der Waals surface area contributed by atoms with Crippen LogP contribution in [0, 0.1) is 0 Å². The van der Waals surface area contributed by atoms with Crippen LogP contribution < -0.4 is 0 Å². The van der Waals surface area contributed by atoms with Gasteiger partial charge in [-0.15, -0.1) is 0 Å². The first-order chi connectivity index (χ1) is 10.3. The summed E-state index contributed by atoms with van der Waals surface area (Å²) < 4.78 is 32.6. The van der Waals surface area contributed by atoms with Gasteiger partial charge in [-0.3, -0.25) is 4.98 Å². The molecule has 0 aromatic carbocycles. The smallest absolute Gasteiger partial charge is 0.244 e. The summed E-state index contributed by atoms with van der Waals surface area (Å²) in [5.41, 5.74) is -1.11. The Morgan fingerprint density at radius 1 is 1.32 bits per heavy atom. The Morgan fingerprint density at radius 3 is 2.64 bits per heavy atom. The predicted molar refractivity (Wildman–Crippen MR) is 80.8 cm³/mol. The molecule has 0 radical (unpaired) electrons. The van der Waals surface area contributed by atoms with Crippen molar-refractivity contribution in [2.24, 2.45) is 0 Å². The number of hydrogen-bond acceptors (Lipinski definition) is 5. The van der Waals surface area contributed by atoms with Gasteiger partial charge in [0.1, 0.15) is 4.90 Å². The maximum absolute atomic E-state index is 12.6. The lowest BCUT2D eigenvalue weighted by atomic mass is 9.78. The normalized spacial score (nSPS) is 29.5. The van der Waals surface area contributed by atoms with Crippen LogP contribution in [0.1, 0.15) is 32.6 Å². The Bertz CT molecular complexity index is 622. The molecule has 1 aromatic heterocycles. The zero-order chi connectivity index (χ0) is 15.8. The van der Waals surface area contributed by atoms with E-state index in [-0.39, 0.29) is 10.5 Å². The van der Waals surface area contributed by atoms with Gasteiger partial charge in [-0.2, -0.15) is 4.31 Å². The summed E-state index contributed by atoms with van der Waals surface area (Å²) in [6.45, 7) is 3.18. The van der Waals surface area contributed by atoms with E-state index in [0.29, 0.717) is 45.4 Å². The van der Waals surface area contributed by atoms with Gasteiger partial charge in [0.15, 0.2) is 0 Å². The third-order valence-corrected chi connectivity index (χ3v) is 6.54. The number of piperidine rings is 1. The molecule has 3 heterocycles. The van der Waals surface area contributed by atoms with Crippen LogP contribution in [0.4, 0.5) is 0 Å². The first-order valence-corrected chi connectivity index (χ1v) is 9.04. The van der Waals surface area contributed by atoms with Gasteiger partial charge in [0.05, 0.1) is 17.8 Å². The first kappa shape index (κ1) is 15.9. The molecule has 0 amide bonds. The first-order valence-electron chi connectivity index (χ1n) is 7.60. The van der Waals surface area contributed by atoms with Crippen LogP contribution in [0.2, 0.25) is 0 Å². The molecule has 0 saturated carbocycles. The summed E-state index contributed by atoms with van der Waals surface area (Å²) in [6.07, 6.45) is 5.36. The van der Waals surface area contributed by atoms with Crippen molar-refractivity contribution >= 4 is 10.0 Å². The third-order valence-electron chi connectivity index (χ3n) is 4.66. The van der Waals surface area contributed by atoms with Crippen molar-refractivity contribution in [3.8, 4) is 0 Å². The lowest BCUT2D eigenvalue weighted by Gasteiger charge is -2.47. The number of nitrogens with zero attached hydrogens (tertiary/aromatic N) is 2. The van der Waals surface area contributed by atoms with Crippen molar-refractivity contribution < 1.29 is 18.3 Å². The fourth-order valence-electron chi connectivity index (χ4n) is 3.42. The van der Waals surface area contributed by atoms with E-state index in [0.717, 1.165) is 0 Å². The van der Waals surface area contributed by atoms with Crippen molar-refractivity contribution in [1.82, 2.24) is 9.29 Å². The molecule has 122 valence electrons. The van der Waals surface area contributed by atoms with E-state index >= 15 is 0 Å². The lowest BCUT2D eigenvalue weighted by Crippen LogP contribution is -2.54. The molecular weight excluding hydrogens is 304 g/mol. The minimum atomic E-state index is -3.49. The van der Waals surface area contributed by atoms with E-state index in [4.69, 9.17) is 4.74 Å². The number of ether oxygens (including phenoxy) is 1. The van der Waals surface area contributed by atoms with E-state index in [1.165, 1.54) is 10.5 Å². The van der Waals surface area contributed by atoms with Crippen LogP contribution in [-0.4, -0.2) is 53.7 Å². The maximum Gasteiger partial charge on any atom is 0.244 e. The van der Waals surface area contributed by atoms with Crippen molar-refractivity contribution in [2.75, 3.05) is 19.7 Å². The van der Waals surface area contributed by atoms with Gasteiger partial charge in [0.2, 0.25) is 10.0 Å². The van der Waals surface area contributed by atoms with E-state index in [2.05, 4.69) is 4.98 Å². The Morgan fingerprint density at radius 2 is 2.05 bits per heavy atom. The van der Waals surface area contributed by atoms with Crippen LogP contribution in [0.25, 0.3) is 0 Å². The molecule has 2 fully saturated rings. The molecule has 1 aromatic rings. The van der Waals surface area contributed by atoms with Crippen LogP contribution in [0.3, 0.4) is 0 Å². The van der Waals surface area contributed by atoms with E-state index in [1.807, 2.05) is 6.92 Å². The maximum atomic E-state index is 12.6. The number of pyridine rings is 1. The summed E-state index contributed by atoms with van der Waals surface area (Å²) in [6, 6.07) is 3.19. The summed E-state index contributed by atoms with van der Waals surface area (Å²) in [7, 11) is -3.49. The van der Waals surface area contributed by atoms with Crippen LogP contribution in [0.5, 0.6) is 0 Å². The molecule has 1 spiro atoms. The summed E-state index contributed by atoms with van der Waals surface area (Å²) in [4.78, 5) is 4.11. The molecule has 0 bridgehead atoms. The van der Waals surface area contributed by atoms with E-state index in [9.17, 15) is 13.5 Å². The van der Waals surface area contributed by atoms with Gasteiger partial charge in [-0.25, -0.2) is 8.42 Å². The molecule has 22 heavy (non-hydrogen) atoms. The Labute approximate surface area is 131 Å². The Hall–Kier alpha value is -1.02. The molecular formula is C15H22N2O4S. The number of hydrogen-bond donors (Lipinski definition) is 1. The molecule has 3 rings (SSSR count). The topological polar surface area (TPSA) is 79.7 Å². The Balaban J connectivity index is 1.72. The highest BCUT2D eigenvalue weighted by Crippen LogP contribution is 2.40. The number of aliphatic hydroxyl groups is 1. The van der Waals surface area contributed by atoms with Crippen LogP contribution >= 0.6 is 0 Å². The van der Waals surface area contributed by atoms with Crippen molar-refractivity contribution in [3.05, 3.63) is 24.5 Å². The zero-order valence-corrected chi connectivity index (χ0v) is 13.6. The Kier molecular flexibility index (Phi) is 4.01. The van der Waals surface area contributed by atoms with Gasteiger partial charge >= 0.3 is 0 Å². The van der Waals surface area contributed by atoms with Gasteiger partial charge in [0, 0.05) is 31.9 Å². The minimum absolute atomic E-state index is 0.225. The van der Waals surface area contributed by atoms with Gasteiger partial charge in [-0.05, 0) is 38.3 Å². The summed E-state index contributed by atoms with van der Waals surface area (Å²) >= 11 is 0. The molecule has 1 unspecified atom stereocenters.